The molecule has 0 radical (unpaired) electrons. The largest absolute Gasteiger partial charge is 0.463 e. The van der Waals surface area contributed by atoms with Gasteiger partial charge < -0.3 is 18.4 Å². The summed E-state index contributed by atoms with van der Waals surface area (Å²) in [6.45, 7) is 1.89. The number of nitrogens with zero attached hydrogens (tertiary/aromatic N) is 2. The molecule has 7 heteroatoms. The van der Waals surface area contributed by atoms with Crippen molar-refractivity contribution in [2.24, 2.45) is 0 Å². The summed E-state index contributed by atoms with van der Waals surface area (Å²) in [6.07, 6.45) is 0. The molecule has 0 spiro atoms. The van der Waals surface area contributed by atoms with Crippen LogP contribution >= 0.6 is 0 Å². The van der Waals surface area contributed by atoms with Crippen LogP contribution in [0.4, 0.5) is 0 Å². The first-order chi connectivity index (χ1) is 8.65. The smallest absolute Gasteiger partial charge is 0.376 e. The predicted octanol–water partition coefficient (Wildman–Crippen LogP) is 1.57. The quantitative estimate of drug-likeness (QED) is 0.763. The summed E-state index contributed by atoms with van der Waals surface area (Å²) in [5.41, 5.74) is 0.778. The van der Waals surface area contributed by atoms with Gasteiger partial charge >= 0.3 is 5.97 Å². The van der Waals surface area contributed by atoms with Gasteiger partial charge in [0.25, 0.3) is 0 Å². The van der Waals surface area contributed by atoms with Crippen molar-refractivity contribution in [3.63, 3.8) is 0 Å². The van der Waals surface area contributed by atoms with Gasteiger partial charge in [-0.3, -0.25) is 0 Å². The molecule has 7 nitrogen and oxygen atoms in total. The number of hydrogen-bond acceptors (Lipinski definition) is 7. The third-order valence-electron chi connectivity index (χ3n) is 2.20. The summed E-state index contributed by atoms with van der Waals surface area (Å²) >= 11 is 0. The second-order valence-electron chi connectivity index (χ2n) is 3.54. The lowest BCUT2D eigenvalue weighted by molar-refractivity contribution is 0.0559. The highest BCUT2D eigenvalue weighted by Gasteiger charge is 2.22. The maximum atomic E-state index is 11.5. The van der Waals surface area contributed by atoms with Crippen LogP contribution in [0.15, 0.2) is 15.0 Å². The van der Waals surface area contributed by atoms with Gasteiger partial charge in [-0.25, -0.2) is 9.78 Å². The van der Waals surface area contributed by atoms with Crippen LogP contribution < -0.4 is 0 Å². The normalized spacial score (nSPS) is 10.6. The van der Waals surface area contributed by atoms with E-state index >= 15 is 0 Å². The summed E-state index contributed by atoms with van der Waals surface area (Å²) in [5.74, 6) is 0.214. The number of oxazole rings is 1. The highest BCUT2D eigenvalue weighted by molar-refractivity contribution is 5.87. The zero-order valence-corrected chi connectivity index (χ0v) is 10.2. The second-order valence-corrected chi connectivity index (χ2v) is 3.54. The monoisotopic (exact) mass is 252 g/mol. The van der Waals surface area contributed by atoms with Gasteiger partial charge in [-0.2, -0.15) is 0 Å². The number of aromatic nitrogens is 2. The first-order valence-electron chi connectivity index (χ1n) is 5.16. The highest BCUT2D eigenvalue weighted by atomic mass is 16.5. The number of methoxy groups -OCH3 is 2. The van der Waals surface area contributed by atoms with E-state index in [0.717, 1.165) is 0 Å². The van der Waals surface area contributed by atoms with Gasteiger partial charge in [-0.05, 0) is 6.92 Å². The molecule has 0 aliphatic rings. The lowest BCUT2D eigenvalue weighted by Gasteiger charge is -1.96. The summed E-state index contributed by atoms with van der Waals surface area (Å²) in [6, 6.07) is 1.66. The summed E-state index contributed by atoms with van der Waals surface area (Å²) in [7, 11) is 2.76. The fourth-order valence-corrected chi connectivity index (χ4v) is 1.42. The van der Waals surface area contributed by atoms with Gasteiger partial charge in [-0.1, -0.05) is 5.16 Å². The fourth-order valence-electron chi connectivity index (χ4n) is 1.42. The topological polar surface area (TPSA) is 87.6 Å². The van der Waals surface area contributed by atoms with Crippen LogP contribution in [-0.4, -0.2) is 30.3 Å². The molecule has 0 saturated carbocycles. The fraction of sp³-hybridized carbons (Fsp3) is 0.364. The van der Waals surface area contributed by atoms with E-state index in [-0.39, 0.29) is 18.3 Å². The average molecular weight is 252 g/mol. The molecule has 0 saturated heterocycles. The molecule has 0 amide bonds. The Labute approximate surface area is 103 Å². The molecule has 96 valence electrons. The SMILES string of the molecule is COCc1nc(-c2cc(C)on2)oc1C(=O)OC. The van der Waals surface area contributed by atoms with Gasteiger partial charge in [-0.15, -0.1) is 0 Å². The van der Waals surface area contributed by atoms with E-state index in [1.807, 2.05) is 0 Å². The summed E-state index contributed by atoms with van der Waals surface area (Å²) in [4.78, 5) is 15.6. The van der Waals surface area contributed by atoms with Crippen LogP contribution in [-0.2, 0) is 16.1 Å². The van der Waals surface area contributed by atoms with Crippen molar-refractivity contribution in [2.45, 2.75) is 13.5 Å². The molecule has 2 heterocycles. The van der Waals surface area contributed by atoms with E-state index in [4.69, 9.17) is 13.7 Å². The molecule has 18 heavy (non-hydrogen) atoms. The van der Waals surface area contributed by atoms with E-state index in [1.165, 1.54) is 14.2 Å². The Morgan fingerprint density at radius 1 is 1.44 bits per heavy atom. The number of rotatable bonds is 4. The molecule has 0 bridgehead atoms. The molecular formula is C11H12N2O5. The van der Waals surface area contributed by atoms with Crippen molar-refractivity contribution in [2.75, 3.05) is 14.2 Å². The summed E-state index contributed by atoms with van der Waals surface area (Å²) in [5, 5.41) is 3.76. The van der Waals surface area contributed by atoms with Crippen LogP contribution in [0.5, 0.6) is 0 Å². The molecule has 0 fully saturated rings. The Morgan fingerprint density at radius 2 is 2.22 bits per heavy atom. The minimum atomic E-state index is -0.610. The van der Waals surface area contributed by atoms with Crippen LogP contribution in [0.25, 0.3) is 11.6 Å². The van der Waals surface area contributed by atoms with E-state index in [2.05, 4.69) is 14.9 Å². The van der Waals surface area contributed by atoms with Crippen molar-refractivity contribution in [3.8, 4) is 11.6 Å². The molecular weight excluding hydrogens is 240 g/mol. The van der Waals surface area contributed by atoms with Gasteiger partial charge in [0, 0.05) is 13.2 Å². The van der Waals surface area contributed by atoms with Crippen molar-refractivity contribution in [1.82, 2.24) is 10.1 Å². The molecule has 0 N–H and O–H groups in total. The maximum Gasteiger partial charge on any atom is 0.376 e. The molecule has 0 aliphatic heterocycles. The van der Waals surface area contributed by atoms with Gasteiger partial charge in [0.2, 0.25) is 11.7 Å². The van der Waals surface area contributed by atoms with E-state index in [9.17, 15) is 4.79 Å². The Morgan fingerprint density at radius 3 is 2.78 bits per heavy atom. The molecule has 0 atom stereocenters. The molecule has 2 aromatic heterocycles. The lowest BCUT2D eigenvalue weighted by Crippen LogP contribution is -2.04. The number of esters is 1. The Balaban J connectivity index is 2.41. The Hall–Kier alpha value is -2.15. The van der Waals surface area contributed by atoms with Crippen molar-refractivity contribution in [1.29, 1.82) is 0 Å². The van der Waals surface area contributed by atoms with Gasteiger partial charge in [0.1, 0.15) is 11.5 Å². The highest BCUT2D eigenvalue weighted by Crippen LogP contribution is 2.22. The van der Waals surface area contributed by atoms with E-state index < -0.39 is 5.97 Å². The number of aryl methyl sites for hydroxylation is 1. The Bertz CT molecular complexity index is 558. The number of carbonyl (C=O) groups is 1. The number of ether oxygens (including phenoxy) is 2. The van der Waals surface area contributed by atoms with Gasteiger partial charge in [0.15, 0.2) is 5.69 Å². The first kappa shape index (κ1) is 12.3. The van der Waals surface area contributed by atoms with Crippen LogP contribution in [0.1, 0.15) is 22.0 Å². The molecule has 2 rings (SSSR count). The van der Waals surface area contributed by atoms with Crippen LogP contribution in [0.3, 0.4) is 0 Å². The third kappa shape index (κ3) is 2.25. The third-order valence-corrected chi connectivity index (χ3v) is 2.20. The standard InChI is InChI=1S/C11H12N2O5/c1-6-4-7(13-18-6)10-12-8(5-15-2)9(17-10)11(14)16-3/h4H,5H2,1-3H3. The maximum absolute atomic E-state index is 11.5. The molecule has 0 unspecified atom stereocenters. The molecule has 0 aromatic carbocycles. The van der Waals surface area contributed by atoms with Crippen LogP contribution in [0.2, 0.25) is 0 Å². The lowest BCUT2D eigenvalue weighted by atomic mass is 10.3. The van der Waals surface area contributed by atoms with E-state index in [0.29, 0.717) is 17.1 Å². The number of hydrogen-bond donors (Lipinski definition) is 0. The van der Waals surface area contributed by atoms with Crippen molar-refractivity contribution in [3.05, 3.63) is 23.3 Å². The summed E-state index contributed by atoms with van der Waals surface area (Å²) < 4.78 is 19.8. The van der Waals surface area contributed by atoms with Crippen molar-refractivity contribution >= 4 is 5.97 Å². The zero-order chi connectivity index (χ0) is 13.1. The van der Waals surface area contributed by atoms with Crippen molar-refractivity contribution < 1.29 is 23.2 Å². The van der Waals surface area contributed by atoms with E-state index in [1.54, 1.807) is 13.0 Å². The minimum absolute atomic E-state index is 0.00926. The Kier molecular flexibility index (Phi) is 3.42. The van der Waals surface area contributed by atoms with Crippen LogP contribution in [0, 0.1) is 6.92 Å². The van der Waals surface area contributed by atoms with Gasteiger partial charge in [0.05, 0.1) is 13.7 Å². The average Bonchev–Trinajstić information content (AvgIpc) is 2.95. The zero-order valence-electron chi connectivity index (χ0n) is 10.2. The second kappa shape index (κ2) is 5.01. The minimum Gasteiger partial charge on any atom is -0.463 e. The molecule has 2 aromatic rings. The number of carbonyl (C=O) groups excluding carboxylic acids is 1. The predicted molar refractivity (Wildman–Crippen MR) is 58.8 cm³/mol. The molecule has 0 aliphatic carbocycles. The first-order valence-corrected chi connectivity index (χ1v) is 5.16.